The van der Waals surface area contributed by atoms with Crippen molar-refractivity contribution in [2.45, 2.75) is 38.1 Å². The Balaban J connectivity index is 1.58. The molecule has 4 aromatic rings. The van der Waals surface area contributed by atoms with E-state index in [4.69, 9.17) is 0 Å². The van der Waals surface area contributed by atoms with E-state index in [-0.39, 0.29) is 29.4 Å². The van der Waals surface area contributed by atoms with E-state index < -0.39 is 34.0 Å². The van der Waals surface area contributed by atoms with E-state index in [9.17, 15) is 23.1 Å². The Morgan fingerprint density at radius 1 is 0.844 bits per heavy atom. The highest BCUT2D eigenvalue weighted by molar-refractivity contribution is 7.92. The maximum Gasteiger partial charge on any atom is 0.251 e. The number of hydrogen-bond donors (Lipinski definition) is 4. The highest BCUT2D eigenvalue weighted by Crippen LogP contribution is 2.22. The second-order valence-electron chi connectivity index (χ2n) is 10.9. The minimum atomic E-state index is -3.70. The van der Waals surface area contributed by atoms with E-state index in [0.29, 0.717) is 13.0 Å². The number of hydrogen-bond acceptors (Lipinski definition) is 7. The summed E-state index contributed by atoms with van der Waals surface area (Å²) in [5.74, 6) is -1.02. The number of aromatic nitrogens is 1. The Kier molecular flexibility index (Phi) is 11.4. The summed E-state index contributed by atoms with van der Waals surface area (Å²) < 4.78 is 25.8. The molecule has 3 unspecified atom stereocenters. The van der Waals surface area contributed by atoms with Crippen molar-refractivity contribution in [3.8, 4) is 0 Å². The summed E-state index contributed by atoms with van der Waals surface area (Å²) in [5.41, 5.74) is 3.16. The maximum absolute atomic E-state index is 13.7. The van der Waals surface area contributed by atoms with Gasteiger partial charge in [-0.15, -0.1) is 0 Å². The normalized spacial score (nSPS) is 13.3. The third kappa shape index (κ3) is 9.70. The van der Waals surface area contributed by atoms with Gasteiger partial charge >= 0.3 is 0 Å². The number of rotatable bonds is 14. The number of benzene rings is 3. The monoisotopic (exact) mass is 629 g/mol. The first kappa shape index (κ1) is 33.3. The third-order valence-electron chi connectivity index (χ3n) is 7.46. The van der Waals surface area contributed by atoms with Crippen LogP contribution in [0.3, 0.4) is 0 Å². The number of sulfonamides is 1. The Morgan fingerprint density at radius 2 is 1.42 bits per heavy atom. The first-order valence-corrected chi connectivity index (χ1v) is 16.4. The molecule has 0 fully saturated rings. The van der Waals surface area contributed by atoms with E-state index in [2.05, 4.69) is 20.9 Å². The fourth-order valence-corrected chi connectivity index (χ4v) is 5.25. The van der Waals surface area contributed by atoms with Gasteiger partial charge in [-0.2, -0.15) is 0 Å². The van der Waals surface area contributed by atoms with Crippen LogP contribution >= 0.6 is 0 Å². The van der Waals surface area contributed by atoms with Crippen molar-refractivity contribution in [1.29, 1.82) is 0 Å². The number of amides is 2. The molecule has 0 radical (unpaired) electrons. The lowest BCUT2D eigenvalue weighted by atomic mass is 10.00. The van der Waals surface area contributed by atoms with Crippen molar-refractivity contribution >= 4 is 27.5 Å². The van der Waals surface area contributed by atoms with Crippen molar-refractivity contribution in [3.63, 3.8) is 0 Å². The van der Waals surface area contributed by atoms with E-state index in [0.717, 1.165) is 27.3 Å². The zero-order valence-corrected chi connectivity index (χ0v) is 26.4. The molecule has 0 aliphatic rings. The van der Waals surface area contributed by atoms with Crippen LogP contribution in [0, 0.1) is 0 Å². The van der Waals surface area contributed by atoms with Gasteiger partial charge in [0.1, 0.15) is 0 Å². The Labute approximate surface area is 264 Å². The number of pyridine rings is 1. The van der Waals surface area contributed by atoms with Crippen LogP contribution in [0.1, 0.15) is 50.4 Å². The summed E-state index contributed by atoms with van der Waals surface area (Å²) in [7, 11) is -2.34. The van der Waals surface area contributed by atoms with Crippen LogP contribution in [0.4, 0.5) is 5.69 Å². The fourth-order valence-electron chi connectivity index (χ4n) is 4.76. The van der Waals surface area contributed by atoms with Gasteiger partial charge in [-0.3, -0.25) is 18.9 Å². The molecule has 10 nitrogen and oxygen atoms in total. The van der Waals surface area contributed by atoms with Gasteiger partial charge in [0.2, 0.25) is 10.0 Å². The molecule has 0 aliphatic carbocycles. The van der Waals surface area contributed by atoms with Gasteiger partial charge < -0.3 is 21.1 Å². The molecule has 0 saturated carbocycles. The van der Waals surface area contributed by atoms with Gasteiger partial charge in [0.05, 0.1) is 30.1 Å². The van der Waals surface area contributed by atoms with Gasteiger partial charge in [0.15, 0.2) is 0 Å². The molecule has 4 N–H and O–H groups in total. The molecule has 1 heterocycles. The minimum absolute atomic E-state index is 0.0792. The summed E-state index contributed by atoms with van der Waals surface area (Å²) in [6.45, 7) is 2.54. The summed E-state index contributed by atoms with van der Waals surface area (Å²) in [6, 6.07) is 25.9. The Hall–Kier alpha value is -4.58. The summed E-state index contributed by atoms with van der Waals surface area (Å²) in [5, 5.41) is 20.3. The predicted molar refractivity (Wildman–Crippen MR) is 175 cm³/mol. The Morgan fingerprint density at radius 3 is 2.02 bits per heavy atom. The molecule has 3 atom stereocenters. The number of nitrogens with zero attached hydrogens (tertiary/aromatic N) is 2. The maximum atomic E-state index is 13.7. The zero-order valence-electron chi connectivity index (χ0n) is 25.6. The number of carbonyl (C=O) groups is 2. The second-order valence-corrected chi connectivity index (χ2v) is 12.9. The first-order chi connectivity index (χ1) is 21.5. The SMILES string of the molecule is CC(NC(=O)c1cc(C(=O)NC(Cc2ccccc2)C(O)CNCc2ccncc2)cc(N(C)S(C)(=O)=O)c1)c1ccccc1. The Bertz CT molecular complexity index is 1670. The molecule has 11 heteroatoms. The largest absolute Gasteiger partial charge is 0.390 e. The summed E-state index contributed by atoms with van der Waals surface area (Å²) in [4.78, 5) is 31.1. The summed E-state index contributed by atoms with van der Waals surface area (Å²) >= 11 is 0. The van der Waals surface area contributed by atoms with Crippen molar-refractivity contribution < 1.29 is 23.1 Å². The standard InChI is InChI=1S/C34H39N5O5S/c1-24(27-12-8-5-9-13-27)37-33(41)28-19-29(21-30(20-28)39(2)45(3,43)44)34(42)38-31(18-25-10-6-4-7-11-25)32(40)23-36-22-26-14-16-35-17-15-26/h4-17,19-21,24,31-32,36,40H,18,22-23H2,1-3H3,(H,37,41)(H,38,42). The van der Waals surface area contributed by atoms with Crippen LogP contribution in [0.5, 0.6) is 0 Å². The van der Waals surface area contributed by atoms with Crippen LogP contribution in [-0.4, -0.2) is 62.3 Å². The molecule has 3 aromatic carbocycles. The van der Waals surface area contributed by atoms with Crippen molar-refractivity contribution in [2.24, 2.45) is 0 Å². The van der Waals surface area contributed by atoms with Crippen molar-refractivity contribution in [3.05, 3.63) is 131 Å². The molecular weight excluding hydrogens is 590 g/mol. The van der Waals surface area contributed by atoms with E-state index in [1.807, 2.05) is 79.7 Å². The van der Waals surface area contributed by atoms with Gasteiger partial charge in [0.25, 0.3) is 11.8 Å². The van der Waals surface area contributed by atoms with Crippen molar-refractivity contribution in [1.82, 2.24) is 20.9 Å². The topological polar surface area (TPSA) is 141 Å². The van der Waals surface area contributed by atoms with Crippen LogP contribution in [0.15, 0.2) is 103 Å². The quantitative estimate of drug-likeness (QED) is 0.168. The van der Waals surface area contributed by atoms with Crippen LogP contribution in [0.25, 0.3) is 0 Å². The average Bonchev–Trinajstić information content (AvgIpc) is 3.04. The highest BCUT2D eigenvalue weighted by Gasteiger charge is 2.25. The lowest BCUT2D eigenvalue weighted by Crippen LogP contribution is -2.48. The van der Waals surface area contributed by atoms with E-state index >= 15 is 0 Å². The molecule has 0 bridgehead atoms. The zero-order chi connectivity index (χ0) is 32.4. The molecule has 0 spiro atoms. The molecule has 45 heavy (non-hydrogen) atoms. The highest BCUT2D eigenvalue weighted by atomic mass is 32.2. The molecule has 1 aromatic heterocycles. The predicted octanol–water partition coefficient (Wildman–Crippen LogP) is 3.46. The molecule has 0 saturated heterocycles. The average molecular weight is 630 g/mol. The van der Waals surface area contributed by atoms with E-state index in [1.54, 1.807) is 12.4 Å². The van der Waals surface area contributed by atoms with Gasteiger partial charge in [-0.05, 0) is 60.4 Å². The fraction of sp³-hybridized carbons (Fsp3) is 0.265. The minimum Gasteiger partial charge on any atom is -0.390 e. The second kappa shape index (κ2) is 15.4. The van der Waals surface area contributed by atoms with Gasteiger partial charge in [0, 0.05) is 43.7 Å². The summed E-state index contributed by atoms with van der Waals surface area (Å²) in [6.07, 6.45) is 3.81. The number of anilines is 1. The lowest BCUT2D eigenvalue weighted by Gasteiger charge is -2.25. The molecule has 4 rings (SSSR count). The lowest BCUT2D eigenvalue weighted by molar-refractivity contribution is 0.0830. The molecular formula is C34H39N5O5S. The third-order valence-corrected chi connectivity index (χ3v) is 8.67. The van der Waals surface area contributed by atoms with E-state index in [1.165, 1.54) is 25.2 Å². The van der Waals surface area contributed by atoms with Gasteiger partial charge in [-0.25, -0.2) is 8.42 Å². The first-order valence-electron chi connectivity index (χ1n) is 14.6. The number of nitrogens with one attached hydrogen (secondary N) is 3. The van der Waals surface area contributed by atoms with Gasteiger partial charge in [-0.1, -0.05) is 60.7 Å². The number of carbonyl (C=O) groups excluding carboxylic acids is 2. The van der Waals surface area contributed by atoms with Crippen LogP contribution in [0.2, 0.25) is 0 Å². The number of aliphatic hydroxyl groups excluding tert-OH is 1. The smallest absolute Gasteiger partial charge is 0.251 e. The molecule has 2 amide bonds. The van der Waals surface area contributed by atoms with Crippen LogP contribution < -0.4 is 20.3 Å². The number of aliphatic hydroxyl groups is 1. The van der Waals surface area contributed by atoms with Crippen LogP contribution in [-0.2, 0) is 23.0 Å². The molecule has 236 valence electrons. The van der Waals surface area contributed by atoms with Crippen molar-refractivity contribution in [2.75, 3.05) is 24.2 Å². The molecule has 0 aliphatic heterocycles.